The van der Waals surface area contributed by atoms with Crippen molar-refractivity contribution in [1.82, 2.24) is 0 Å². The van der Waals surface area contributed by atoms with Crippen molar-refractivity contribution in [3.8, 4) is 0 Å². The summed E-state index contributed by atoms with van der Waals surface area (Å²) in [7, 11) is -9.92. The van der Waals surface area contributed by atoms with Crippen LogP contribution >= 0.6 is 15.6 Å². The first-order valence-corrected chi connectivity index (χ1v) is 43.4. The van der Waals surface area contributed by atoms with E-state index in [1.165, 1.54) is 212 Å². The van der Waals surface area contributed by atoms with Crippen LogP contribution in [-0.2, 0) is 65.4 Å². The van der Waals surface area contributed by atoms with Gasteiger partial charge in [0.2, 0.25) is 0 Å². The van der Waals surface area contributed by atoms with E-state index in [2.05, 4.69) is 48.5 Å². The second-order valence-electron chi connectivity index (χ2n) is 29.3. The van der Waals surface area contributed by atoms with E-state index in [0.717, 1.165) is 108 Å². The van der Waals surface area contributed by atoms with E-state index in [0.29, 0.717) is 25.7 Å². The molecule has 0 fully saturated rings. The molecule has 0 saturated heterocycles. The maximum Gasteiger partial charge on any atom is 0.472 e. The van der Waals surface area contributed by atoms with Crippen molar-refractivity contribution in [2.24, 2.45) is 17.8 Å². The third-order valence-corrected chi connectivity index (χ3v) is 20.4. The van der Waals surface area contributed by atoms with Crippen molar-refractivity contribution in [3.05, 3.63) is 0 Å². The Hall–Kier alpha value is -1.94. The van der Waals surface area contributed by atoms with E-state index in [-0.39, 0.29) is 25.7 Å². The van der Waals surface area contributed by atoms with Crippen LogP contribution in [0.25, 0.3) is 0 Å². The molecule has 3 unspecified atom stereocenters. The fraction of sp³-hybridized carbons (Fsp3) is 0.949. The van der Waals surface area contributed by atoms with Crippen LogP contribution < -0.4 is 0 Å². The van der Waals surface area contributed by atoms with Gasteiger partial charge in [0.15, 0.2) is 12.2 Å². The van der Waals surface area contributed by atoms with Gasteiger partial charge in [0.05, 0.1) is 26.4 Å². The molecule has 0 bridgehead atoms. The van der Waals surface area contributed by atoms with Gasteiger partial charge >= 0.3 is 39.5 Å². The average Bonchev–Trinajstić information content (AvgIpc) is 2.19. The number of phosphoric acid groups is 2. The molecule has 0 saturated carbocycles. The van der Waals surface area contributed by atoms with Crippen molar-refractivity contribution in [2.75, 3.05) is 39.6 Å². The number of phosphoric ester groups is 2. The zero-order valence-corrected chi connectivity index (χ0v) is 65.3. The number of hydrogen-bond donors (Lipinski definition) is 3. The molecule has 0 heterocycles. The smallest absolute Gasteiger partial charge is 0.462 e. The number of aliphatic hydroxyl groups excluding tert-OH is 1. The van der Waals surface area contributed by atoms with Crippen molar-refractivity contribution in [2.45, 2.75) is 420 Å². The molecule has 19 heteroatoms. The number of esters is 4. The fourth-order valence-electron chi connectivity index (χ4n) is 11.9. The van der Waals surface area contributed by atoms with Crippen LogP contribution in [-0.4, -0.2) is 96.7 Å². The van der Waals surface area contributed by atoms with Crippen LogP contribution in [0.5, 0.6) is 0 Å². The lowest BCUT2D eigenvalue weighted by atomic mass is 9.99. The SMILES string of the molecule is CCCCCCCCCCCCCCCCCC(=O)OC[C@H](COP(=O)(O)OC[C@@H](O)COP(=O)(O)OC[C@@H](COC(=O)CCCCCCCCCCCC(C)C)OC(=O)CCCCCCCCCCCC(C)C)OC(=O)CCCCCCCCCCCCCCCCC(C)CC. The minimum atomic E-state index is -4.96. The quantitative estimate of drug-likeness (QED) is 0.0222. The number of unbranched alkanes of at least 4 members (excludes halogenated alkanes) is 43. The summed E-state index contributed by atoms with van der Waals surface area (Å²) >= 11 is 0. The molecule has 576 valence electrons. The van der Waals surface area contributed by atoms with Gasteiger partial charge in [0, 0.05) is 25.7 Å². The van der Waals surface area contributed by atoms with Gasteiger partial charge in [0.1, 0.15) is 19.3 Å². The third-order valence-electron chi connectivity index (χ3n) is 18.5. The number of carbonyl (C=O) groups excluding carboxylic acids is 4. The molecule has 97 heavy (non-hydrogen) atoms. The summed E-state index contributed by atoms with van der Waals surface area (Å²) in [6.45, 7) is 11.9. The summed E-state index contributed by atoms with van der Waals surface area (Å²) in [6.07, 6.45) is 55.4. The van der Waals surface area contributed by atoms with Gasteiger partial charge in [-0.15, -0.1) is 0 Å². The Balaban J connectivity index is 5.26. The average molecular weight is 1420 g/mol. The molecule has 0 aliphatic heterocycles. The summed E-state index contributed by atoms with van der Waals surface area (Å²) < 4.78 is 68.6. The first kappa shape index (κ1) is 95.1. The van der Waals surface area contributed by atoms with E-state index in [1.807, 2.05) is 0 Å². The Morgan fingerprint density at radius 2 is 0.526 bits per heavy atom. The number of rotatable bonds is 76. The van der Waals surface area contributed by atoms with Gasteiger partial charge in [-0.2, -0.15) is 0 Å². The summed E-state index contributed by atoms with van der Waals surface area (Å²) in [6, 6.07) is 0. The van der Waals surface area contributed by atoms with Crippen molar-refractivity contribution in [3.63, 3.8) is 0 Å². The van der Waals surface area contributed by atoms with Crippen LogP contribution in [0.2, 0.25) is 0 Å². The molecule has 6 atom stereocenters. The van der Waals surface area contributed by atoms with Gasteiger partial charge in [0.25, 0.3) is 0 Å². The second kappa shape index (κ2) is 68.5. The molecule has 0 aromatic carbocycles. The molecular formula is C78H152O17P2. The van der Waals surface area contributed by atoms with E-state index in [1.54, 1.807) is 0 Å². The monoisotopic (exact) mass is 1420 g/mol. The normalized spacial score (nSPS) is 14.3. The molecule has 0 aliphatic rings. The van der Waals surface area contributed by atoms with Crippen molar-refractivity contribution in [1.29, 1.82) is 0 Å². The predicted octanol–water partition coefficient (Wildman–Crippen LogP) is 23.0. The number of ether oxygens (including phenoxy) is 4. The zero-order valence-electron chi connectivity index (χ0n) is 63.5. The molecule has 0 amide bonds. The minimum absolute atomic E-state index is 0.105. The first-order valence-electron chi connectivity index (χ1n) is 40.4. The highest BCUT2D eigenvalue weighted by molar-refractivity contribution is 7.47. The van der Waals surface area contributed by atoms with E-state index >= 15 is 0 Å². The predicted molar refractivity (Wildman–Crippen MR) is 395 cm³/mol. The molecule has 3 N–H and O–H groups in total. The Bertz CT molecular complexity index is 1890. The van der Waals surface area contributed by atoms with Crippen molar-refractivity contribution < 1.29 is 80.2 Å². The molecule has 17 nitrogen and oxygen atoms in total. The first-order chi connectivity index (χ1) is 46.8. The maximum atomic E-state index is 13.1. The zero-order chi connectivity index (χ0) is 71.6. The summed E-state index contributed by atoms with van der Waals surface area (Å²) in [5, 5.41) is 10.6. The summed E-state index contributed by atoms with van der Waals surface area (Å²) in [5.74, 6) is 0.212. The van der Waals surface area contributed by atoms with Gasteiger partial charge in [-0.25, -0.2) is 9.13 Å². The lowest BCUT2D eigenvalue weighted by molar-refractivity contribution is -0.161. The lowest BCUT2D eigenvalue weighted by Gasteiger charge is -2.21. The number of carbonyl (C=O) groups is 4. The third kappa shape index (κ3) is 70.9. The molecule has 0 rings (SSSR count). The van der Waals surface area contributed by atoms with Crippen LogP contribution in [0.4, 0.5) is 0 Å². The van der Waals surface area contributed by atoms with E-state index in [4.69, 9.17) is 37.0 Å². The molecule has 0 aromatic heterocycles. The topological polar surface area (TPSA) is 237 Å². The molecule has 0 radical (unpaired) electrons. The molecule has 0 aliphatic carbocycles. The van der Waals surface area contributed by atoms with Crippen LogP contribution in [0.3, 0.4) is 0 Å². The number of aliphatic hydroxyl groups is 1. The highest BCUT2D eigenvalue weighted by Crippen LogP contribution is 2.45. The van der Waals surface area contributed by atoms with Crippen LogP contribution in [0.1, 0.15) is 402 Å². The molecular weight excluding hydrogens is 1270 g/mol. The number of hydrogen-bond acceptors (Lipinski definition) is 15. The highest BCUT2D eigenvalue weighted by Gasteiger charge is 2.30. The maximum absolute atomic E-state index is 13.1. The largest absolute Gasteiger partial charge is 0.472 e. The van der Waals surface area contributed by atoms with Crippen LogP contribution in [0, 0.1) is 17.8 Å². The van der Waals surface area contributed by atoms with Gasteiger partial charge < -0.3 is 33.8 Å². The summed E-state index contributed by atoms with van der Waals surface area (Å²) in [4.78, 5) is 72.9. The van der Waals surface area contributed by atoms with E-state index < -0.39 is 97.5 Å². The molecule has 0 aromatic rings. The Kier molecular flexibility index (Phi) is 67.1. The van der Waals surface area contributed by atoms with Gasteiger partial charge in [-0.3, -0.25) is 37.3 Å². The standard InChI is InChI=1S/C78H152O17P2/c1-8-10-11-12-13-14-15-16-17-21-24-31-38-45-52-59-75(80)88-65-73(94-77(82)61-54-47-40-32-25-22-19-18-20-23-30-37-44-51-58-71(7)9-2)67-92-96(84,85)90-63-72(79)64-91-97(86,87)93-68-74(95-78(83)62-55-48-41-34-27-29-36-43-50-57-70(5)6)66-89-76(81)60-53-46-39-33-26-28-35-42-49-56-69(3)4/h69-74,79H,8-68H2,1-7H3,(H,84,85)(H,86,87)/t71?,72-,73-,74-/m1/s1. The highest BCUT2D eigenvalue weighted by atomic mass is 31.2. The lowest BCUT2D eigenvalue weighted by Crippen LogP contribution is -2.30. The minimum Gasteiger partial charge on any atom is -0.462 e. The van der Waals surface area contributed by atoms with Crippen LogP contribution in [0.15, 0.2) is 0 Å². The van der Waals surface area contributed by atoms with Crippen molar-refractivity contribution >= 4 is 39.5 Å². The summed E-state index contributed by atoms with van der Waals surface area (Å²) in [5.41, 5.74) is 0. The van der Waals surface area contributed by atoms with E-state index in [9.17, 15) is 43.2 Å². The Morgan fingerprint density at radius 1 is 0.299 bits per heavy atom. The second-order valence-corrected chi connectivity index (χ2v) is 32.2. The fourth-order valence-corrected chi connectivity index (χ4v) is 13.5. The van der Waals surface area contributed by atoms with Gasteiger partial charge in [-0.1, -0.05) is 350 Å². The Labute approximate surface area is 594 Å². The molecule has 0 spiro atoms. The van der Waals surface area contributed by atoms with Gasteiger partial charge in [-0.05, 0) is 43.4 Å². The Morgan fingerprint density at radius 3 is 0.784 bits per heavy atom.